The first kappa shape index (κ1) is 11.5. The molecule has 0 amide bonds. The molecular formula is C11H16ClN3O. The van der Waals surface area contributed by atoms with Crippen molar-refractivity contribution >= 4 is 23.1 Å². The molecule has 1 saturated heterocycles. The van der Waals surface area contributed by atoms with Crippen molar-refractivity contribution in [3.63, 3.8) is 0 Å². The maximum atomic E-state index is 9.86. The number of nitrogens with two attached hydrogens (primary N) is 1. The van der Waals surface area contributed by atoms with Crippen LogP contribution < -0.4 is 10.6 Å². The van der Waals surface area contributed by atoms with Gasteiger partial charge in [0.2, 0.25) is 0 Å². The Labute approximate surface area is 100 Å². The van der Waals surface area contributed by atoms with Crippen LogP contribution in [0.2, 0.25) is 5.15 Å². The third kappa shape index (κ3) is 2.39. The summed E-state index contributed by atoms with van der Waals surface area (Å²) in [6.07, 6.45) is 1.45. The molecule has 4 nitrogen and oxygen atoms in total. The Morgan fingerprint density at radius 1 is 1.44 bits per heavy atom. The van der Waals surface area contributed by atoms with E-state index in [0.29, 0.717) is 10.8 Å². The van der Waals surface area contributed by atoms with Crippen LogP contribution in [-0.2, 0) is 0 Å². The lowest BCUT2D eigenvalue weighted by Crippen LogP contribution is -2.43. The van der Waals surface area contributed by atoms with Crippen molar-refractivity contribution in [3.8, 4) is 0 Å². The van der Waals surface area contributed by atoms with Gasteiger partial charge in [-0.05, 0) is 31.9 Å². The van der Waals surface area contributed by atoms with Gasteiger partial charge in [-0.3, -0.25) is 0 Å². The summed E-state index contributed by atoms with van der Waals surface area (Å²) in [6, 6.07) is 3.44. The van der Waals surface area contributed by atoms with Gasteiger partial charge in [-0.1, -0.05) is 11.6 Å². The molecule has 1 aliphatic rings. The Hall–Kier alpha value is -1.00. The Morgan fingerprint density at radius 2 is 2.06 bits per heavy atom. The largest absolute Gasteiger partial charge is 0.396 e. The van der Waals surface area contributed by atoms with Crippen LogP contribution in [0.5, 0.6) is 0 Å². The lowest BCUT2D eigenvalue weighted by atomic mass is 9.94. The van der Waals surface area contributed by atoms with E-state index < -0.39 is 5.60 Å². The molecule has 1 fully saturated rings. The van der Waals surface area contributed by atoms with Gasteiger partial charge in [0.25, 0.3) is 0 Å². The molecule has 1 aliphatic heterocycles. The summed E-state index contributed by atoms with van der Waals surface area (Å²) in [4.78, 5) is 6.30. The number of nitrogens with zero attached hydrogens (tertiary/aromatic N) is 2. The average Bonchev–Trinajstić information content (AvgIpc) is 2.22. The standard InChI is InChI=1S/C11H16ClN3O/c1-11(16)4-6-15(7-5-11)10-8(13)2-3-9(12)14-10/h2-3,16H,4-7,13H2,1H3. The normalized spacial score (nSPS) is 19.8. The maximum absolute atomic E-state index is 9.86. The van der Waals surface area contributed by atoms with Gasteiger partial charge < -0.3 is 15.7 Å². The van der Waals surface area contributed by atoms with Crippen LogP contribution in [0.1, 0.15) is 19.8 Å². The number of hydrogen-bond donors (Lipinski definition) is 2. The summed E-state index contributed by atoms with van der Waals surface area (Å²) >= 11 is 5.85. The zero-order valence-corrected chi connectivity index (χ0v) is 10.0. The highest BCUT2D eigenvalue weighted by molar-refractivity contribution is 6.29. The number of pyridine rings is 1. The van der Waals surface area contributed by atoms with Gasteiger partial charge in [0.05, 0.1) is 11.3 Å². The number of anilines is 2. The van der Waals surface area contributed by atoms with E-state index in [2.05, 4.69) is 9.88 Å². The molecule has 1 aromatic rings. The van der Waals surface area contributed by atoms with E-state index in [0.717, 1.165) is 31.7 Å². The molecule has 0 saturated carbocycles. The quantitative estimate of drug-likeness (QED) is 0.735. The summed E-state index contributed by atoms with van der Waals surface area (Å²) in [5.41, 5.74) is 5.93. The predicted octanol–water partition coefficient (Wildman–Crippen LogP) is 1.67. The van der Waals surface area contributed by atoms with Gasteiger partial charge >= 0.3 is 0 Å². The summed E-state index contributed by atoms with van der Waals surface area (Å²) in [6.45, 7) is 3.37. The van der Waals surface area contributed by atoms with E-state index in [9.17, 15) is 5.11 Å². The molecule has 0 unspecified atom stereocenters. The van der Waals surface area contributed by atoms with Crippen LogP contribution in [0, 0.1) is 0 Å². The summed E-state index contributed by atoms with van der Waals surface area (Å²) in [5, 5.41) is 10.3. The van der Waals surface area contributed by atoms with Crippen molar-refractivity contribution in [2.45, 2.75) is 25.4 Å². The molecule has 0 radical (unpaired) electrons. The van der Waals surface area contributed by atoms with Crippen LogP contribution in [0.4, 0.5) is 11.5 Å². The van der Waals surface area contributed by atoms with Crippen molar-refractivity contribution < 1.29 is 5.11 Å². The summed E-state index contributed by atoms with van der Waals surface area (Å²) in [7, 11) is 0. The highest BCUT2D eigenvalue weighted by Crippen LogP contribution is 2.28. The second-order valence-corrected chi connectivity index (χ2v) is 4.92. The molecule has 0 bridgehead atoms. The van der Waals surface area contributed by atoms with E-state index in [1.165, 1.54) is 0 Å². The number of piperidine rings is 1. The van der Waals surface area contributed by atoms with Gasteiger partial charge in [-0.15, -0.1) is 0 Å². The number of rotatable bonds is 1. The minimum Gasteiger partial charge on any atom is -0.396 e. The minimum absolute atomic E-state index is 0.446. The Kier molecular flexibility index (Phi) is 2.95. The van der Waals surface area contributed by atoms with Crippen LogP contribution in [-0.4, -0.2) is 28.8 Å². The van der Waals surface area contributed by atoms with Crippen molar-refractivity contribution in [2.24, 2.45) is 0 Å². The van der Waals surface area contributed by atoms with Crippen LogP contribution >= 0.6 is 11.6 Å². The lowest BCUT2D eigenvalue weighted by Gasteiger charge is -2.36. The topological polar surface area (TPSA) is 62.4 Å². The summed E-state index contributed by atoms with van der Waals surface area (Å²) < 4.78 is 0. The second-order valence-electron chi connectivity index (χ2n) is 4.53. The molecule has 88 valence electrons. The summed E-state index contributed by atoms with van der Waals surface area (Å²) in [5.74, 6) is 0.725. The number of hydrogen-bond acceptors (Lipinski definition) is 4. The Balaban J connectivity index is 2.17. The van der Waals surface area contributed by atoms with Gasteiger partial charge in [0.15, 0.2) is 5.82 Å². The predicted molar refractivity (Wildman–Crippen MR) is 65.7 cm³/mol. The van der Waals surface area contributed by atoms with E-state index in [1.807, 2.05) is 6.92 Å². The molecule has 0 aliphatic carbocycles. The van der Waals surface area contributed by atoms with Crippen molar-refractivity contribution in [3.05, 3.63) is 17.3 Å². The molecule has 0 spiro atoms. The fraction of sp³-hybridized carbons (Fsp3) is 0.545. The lowest BCUT2D eigenvalue weighted by molar-refractivity contribution is 0.0350. The molecule has 1 aromatic heterocycles. The molecule has 2 heterocycles. The molecule has 0 atom stereocenters. The molecule has 5 heteroatoms. The van der Waals surface area contributed by atoms with Crippen molar-refractivity contribution in [1.82, 2.24) is 4.98 Å². The van der Waals surface area contributed by atoms with Crippen LogP contribution in [0.15, 0.2) is 12.1 Å². The highest BCUT2D eigenvalue weighted by Gasteiger charge is 2.28. The minimum atomic E-state index is -0.566. The van der Waals surface area contributed by atoms with Gasteiger partial charge in [-0.2, -0.15) is 0 Å². The fourth-order valence-electron chi connectivity index (χ4n) is 1.89. The Bertz CT molecular complexity index is 385. The van der Waals surface area contributed by atoms with Crippen molar-refractivity contribution in [2.75, 3.05) is 23.7 Å². The van der Waals surface area contributed by atoms with Gasteiger partial charge in [0.1, 0.15) is 5.15 Å². The van der Waals surface area contributed by atoms with E-state index in [1.54, 1.807) is 12.1 Å². The third-order valence-corrected chi connectivity index (χ3v) is 3.22. The zero-order chi connectivity index (χ0) is 11.8. The first-order chi connectivity index (χ1) is 7.48. The Morgan fingerprint density at radius 3 is 2.69 bits per heavy atom. The first-order valence-corrected chi connectivity index (χ1v) is 5.75. The second kappa shape index (κ2) is 4.11. The van der Waals surface area contributed by atoms with Crippen LogP contribution in [0.3, 0.4) is 0 Å². The zero-order valence-electron chi connectivity index (χ0n) is 9.28. The molecule has 2 rings (SSSR count). The smallest absolute Gasteiger partial charge is 0.153 e. The number of nitrogen functional groups attached to an aromatic ring is 1. The number of aromatic nitrogens is 1. The van der Waals surface area contributed by atoms with Gasteiger partial charge in [0, 0.05) is 13.1 Å². The molecule has 16 heavy (non-hydrogen) atoms. The average molecular weight is 242 g/mol. The fourth-order valence-corrected chi connectivity index (χ4v) is 2.03. The highest BCUT2D eigenvalue weighted by atomic mass is 35.5. The van der Waals surface area contributed by atoms with Crippen LogP contribution in [0.25, 0.3) is 0 Å². The maximum Gasteiger partial charge on any atom is 0.153 e. The van der Waals surface area contributed by atoms with Gasteiger partial charge in [-0.25, -0.2) is 4.98 Å². The SMILES string of the molecule is CC1(O)CCN(c2nc(Cl)ccc2N)CC1. The first-order valence-electron chi connectivity index (χ1n) is 5.37. The third-order valence-electron chi connectivity index (χ3n) is 3.01. The molecular weight excluding hydrogens is 226 g/mol. The van der Waals surface area contributed by atoms with E-state index in [-0.39, 0.29) is 0 Å². The molecule has 3 N–H and O–H groups in total. The monoisotopic (exact) mass is 241 g/mol. The molecule has 0 aromatic carbocycles. The van der Waals surface area contributed by atoms with E-state index in [4.69, 9.17) is 17.3 Å². The number of halogens is 1. The number of aliphatic hydroxyl groups is 1. The van der Waals surface area contributed by atoms with Crippen molar-refractivity contribution in [1.29, 1.82) is 0 Å². The van der Waals surface area contributed by atoms with E-state index >= 15 is 0 Å².